The maximum absolute atomic E-state index is 12.0. The minimum atomic E-state index is -0.0984. The molecule has 0 N–H and O–H groups in total. The van der Waals surface area contributed by atoms with E-state index < -0.39 is 0 Å². The first-order valence-electron chi connectivity index (χ1n) is 7.23. The van der Waals surface area contributed by atoms with Gasteiger partial charge in [0.15, 0.2) is 0 Å². The molecule has 2 aliphatic heterocycles. The molecule has 0 radical (unpaired) electrons. The van der Waals surface area contributed by atoms with Gasteiger partial charge in [-0.05, 0) is 31.6 Å². The SMILES string of the molecule is CCCCCC1C[C@@H]2CCC(=C1C(=O)OC)N2C. The van der Waals surface area contributed by atoms with Crippen LogP contribution in [-0.2, 0) is 9.53 Å². The van der Waals surface area contributed by atoms with Crippen molar-refractivity contribution in [3.8, 4) is 0 Å². The number of allylic oxidation sites excluding steroid dienone is 1. The molecule has 102 valence electrons. The maximum Gasteiger partial charge on any atom is 0.335 e. The molecule has 2 heterocycles. The van der Waals surface area contributed by atoms with Crippen molar-refractivity contribution >= 4 is 5.97 Å². The number of esters is 1. The Morgan fingerprint density at radius 2 is 2.22 bits per heavy atom. The third kappa shape index (κ3) is 2.40. The van der Waals surface area contributed by atoms with Gasteiger partial charge >= 0.3 is 5.97 Å². The van der Waals surface area contributed by atoms with Crippen molar-refractivity contribution in [2.24, 2.45) is 5.92 Å². The minimum absolute atomic E-state index is 0.0984. The van der Waals surface area contributed by atoms with Crippen molar-refractivity contribution < 1.29 is 9.53 Å². The zero-order chi connectivity index (χ0) is 13.1. The van der Waals surface area contributed by atoms with Gasteiger partial charge in [0.05, 0.1) is 12.7 Å². The van der Waals surface area contributed by atoms with Crippen molar-refractivity contribution in [3.05, 3.63) is 11.3 Å². The highest BCUT2D eigenvalue weighted by Gasteiger charge is 2.39. The number of nitrogens with zero attached hydrogens (tertiary/aromatic N) is 1. The third-order valence-corrected chi connectivity index (χ3v) is 4.53. The van der Waals surface area contributed by atoms with E-state index in [1.54, 1.807) is 0 Å². The quantitative estimate of drug-likeness (QED) is 0.555. The second kappa shape index (κ2) is 5.77. The average molecular weight is 251 g/mol. The van der Waals surface area contributed by atoms with Crippen LogP contribution in [0.1, 0.15) is 51.9 Å². The number of carbonyl (C=O) groups excluding carboxylic acids is 1. The Hall–Kier alpha value is -0.990. The van der Waals surface area contributed by atoms with Crippen LogP contribution < -0.4 is 0 Å². The lowest BCUT2D eigenvalue weighted by atomic mass is 9.85. The molecular formula is C15H25NO2. The Bertz CT molecular complexity index is 348. The molecule has 2 atom stereocenters. The highest BCUT2D eigenvalue weighted by Crippen LogP contribution is 2.42. The van der Waals surface area contributed by atoms with Gasteiger partial charge in [-0.1, -0.05) is 26.2 Å². The molecule has 3 nitrogen and oxygen atoms in total. The number of hydrogen-bond acceptors (Lipinski definition) is 3. The van der Waals surface area contributed by atoms with Crippen molar-refractivity contribution in [3.63, 3.8) is 0 Å². The number of carbonyl (C=O) groups is 1. The van der Waals surface area contributed by atoms with Crippen molar-refractivity contribution in [1.29, 1.82) is 0 Å². The summed E-state index contributed by atoms with van der Waals surface area (Å²) < 4.78 is 5.00. The topological polar surface area (TPSA) is 29.5 Å². The van der Waals surface area contributed by atoms with Crippen LogP contribution in [-0.4, -0.2) is 31.1 Å². The van der Waals surface area contributed by atoms with Crippen LogP contribution in [0.15, 0.2) is 11.3 Å². The van der Waals surface area contributed by atoms with E-state index in [0.29, 0.717) is 12.0 Å². The first-order chi connectivity index (χ1) is 8.69. The van der Waals surface area contributed by atoms with Crippen LogP contribution in [0, 0.1) is 5.92 Å². The first-order valence-corrected chi connectivity index (χ1v) is 7.23. The molecule has 0 aromatic heterocycles. The first kappa shape index (κ1) is 13.4. The van der Waals surface area contributed by atoms with Gasteiger partial charge in [-0.3, -0.25) is 0 Å². The van der Waals surface area contributed by atoms with Crippen LogP contribution in [0.3, 0.4) is 0 Å². The molecule has 2 rings (SSSR count). The number of unbranched alkanes of at least 4 members (excludes halogenated alkanes) is 2. The molecule has 1 unspecified atom stereocenters. The number of ether oxygens (including phenoxy) is 1. The lowest BCUT2D eigenvalue weighted by Crippen LogP contribution is -2.35. The largest absolute Gasteiger partial charge is 0.466 e. The molecule has 3 heteroatoms. The molecule has 1 saturated heterocycles. The highest BCUT2D eigenvalue weighted by molar-refractivity contribution is 5.90. The zero-order valence-electron chi connectivity index (χ0n) is 11.9. The average Bonchev–Trinajstić information content (AvgIpc) is 2.63. The Balaban J connectivity index is 2.16. The van der Waals surface area contributed by atoms with Crippen molar-refractivity contribution in [1.82, 2.24) is 4.90 Å². The van der Waals surface area contributed by atoms with Gasteiger partial charge in [0.2, 0.25) is 0 Å². The molecule has 2 aliphatic rings. The fourth-order valence-corrected chi connectivity index (χ4v) is 3.47. The zero-order valence-corrected chi connectivity index (χ0v) is 11.9. The van der Waals surface area contributed by atoms with Gasteiger partial charge in [-0.15, -0.1) is 0 Å². The van der Waals surface area contributed by atoms with Crippen LogP contribution in [0.2, 0.25) is 0 Å². The van der Waals surface area contributed by atoms with E-state index in [1.165, 1.54) is 38.5 Å². The van der Waals surface area contributed by atoms with Gasteiger partial charge in [0, 0.05) is 18.8 Å². The van der Waals surface area contributed by atoms with Gasteiger partial charge in [-0.2, -0.15) is 0 Å². The summed E-state index contributed by atoms with van der Waals surface area (Å²) >= 11 is 0. The summed E-state index contributed by atoms with van der Waals surface area (Å²) in [6.45, 7) is 2.22. The molecule has 0 aromatic rings. The standard InChI is InChI=1S/C15H25NO2/c1-4-5-6-7-11-10-12-8-9-13(16(12)2)14(11)15(17)18-3/h11-12H,4-10H2,1-3H3/t11?,12-/m0/s1. The Morgan fingerprint density at radius 3 is 2.89 bits per heavy atom. The summed E-state index contributed by atoms with van der Waals surface area (Å²) in [5.41, 5.74) is 2.23. The molecule has 0 aromatic carbocycles. The van der Waals surface area contributed by atoms with Crippen molar-refractivity contribution in [2.75, 3.05) is 14.2 Å². The minimum Gasteiger partial charge on any atom is -0.466 e. The summed E-state index contributed by atoms with van der Waals surface area (Å²) in [7, 11) is 3.62. The Morgan fingerprint density at radius 1 is 1.44 bits per heavy atom. The van der Waals surface area contributed by atoms with Gasteiger partial charge < -0.3 is 9.64 Å². The van der Waals surface area contributed by atoms with E-state index in [9.17, 15) is 4.79 Å². The van der Waals surface area contributed by atoms with E-state index in [0.717, 1.165) is 24.8 Å². The molecule has 0 saturated carbocycles. The predicted molar refractivity (Wildman–Crippen MR) is 72.1 cm³/mol. The van der Waals surface area contributed by atoms with Gasteiger partial charge in [0.25, 0.3) is 0 Å². The van der Waals surface area contributed by atoms with E-state index in [4.69, 9.17) is 4.74 Å². The van der Waals surface area contributed by atoms with E-state index >= 15 is 0 Å². The summed E-state index contributed by atoms with van der Waals surface area (Å²) in [6, 6.07) is 0.653. The monoisotopic (exact) mass is 251 g/mol. The van der Waals surface area contributed by atoms with Crippen LogP contribution in [0.25, 0.3) is 0 Å². The third-order valence-electron chi connectivity index (χ3n) is 4.53. The maximum atomic E-state index is 12.0. The number of methoxy groups -OCH3 is 1. The Kier molecular flexibility index (Phi) is 4.31. The molecule has 0 amide bonds. The van der Waals surface area contributed by atoms with E-state index in [2.05, 4.69) is 18.9 Å². The summed E-state index contributed by atoms with van der Waals surface area (Å²) in [4.78, 5) is 14.3. The van der Waals surface area contributed by atoms with Crippen LogP contribution in [0.4, 0.5) is 0 Å². The van der Waals surface area contributed by atoms with E-state index in [1.807, 2.05) is 0 Å². The normalized spacial score (nSPS) is 26.7. The summed E-state index contributed by atoms with van der Waals surface area (Å²) in [5, 5.41) is 0. The number of fused-ring (bicyclic) bond motifs is 2. The molecular weight excluding hydrogens is 226 g/mol. The smallest absolute Gasteiger partial charge is 0.335 e. The van der Waals surface area contributed by atoms with E-state index in [-0.39, 0.29) is 5.97 Å². The highest BCUT2D eigenvalue weighted by atomic mass is 16.5. The Labute approximate surface area is 110 Å². The fourth-order valence-electron chi connectivity index (χ4n) is 3.47. The fraction of sp³-hybridized carbons (Fsp3) is 0.800. The molecule has 0 aliphatic carbocycles. The lowest BCUT2D eigenvalue weighted by Gasteiger charge is -2.35. The van der Waals surface area contributed by atoms with Crippen LogP contribution in [0.5, 0.6) is 0 Å². The number of hydrogen-bond donors (Lipinski definition) is 0. The molecule has 1 fully saturated rings. The number of rotatable bonds is 5. The van der Waals surface area contributed by atoms with Gasteiger partial charge in [0.1, 0.15) is 0 Å². The molecule has 18 heavy (non-hydrogen) atoms. The lowest BCUT2D eigenvalue weighted by molar-refractivity contribution is -0.137. The summed E-state index contributed by atoms with van der Waals surface area (Å²) in [5.74, 6) is 0.335. The second-order valence-electron chi connectivity index (χ2n) is 5.58. The van der Waals surface area contributed by atoms with Gasteiger partial charge in [-0.25, -0.2) is 4.79 Å². The summed E-state index contributed by atoms with van der Waals surface area (Å²) in [6.07, 6.45) is 8.26. The molecule has 2 bridgehead atoms. The molecule has 0 spiro atoms. The second-order valence-corrected chi connectivity index (χ2v) is 5.58. The predicted octanol–water partition coefficient (Wildman–Crippen LogP) is 3.11. The van der Waals surface area contributed by atoms with Crippen molar-refractivity contribution in [2.45, 2.75) is 57.9 Å². The van der Waals surface area contributed by atoms with Crippen LogP contribution >= 0.6 is 0 Å².